The average Bonchev–Trinajstić information content (AvgIpc) is 2.42. The Labute approximate surface area is 112 Å². The Morgan fingerprint density at radius 2 is 1.83 bits per heavy atom. The second kappa shape index (κ2) is 6.19. The van der Waals surface area contributed by atoms with Crippen molar-refractivity contribution in [3.05, 3.63) is 30.1 Å². The molecule has 1 saturated carbocycles. The third-order valence-corrected chi connectivity index (χ3v) is 3.66. The van der Waals surface area contributed by atoms with Crippen LogP contribution in [0.4, 0.5) is 10.1 Å². The molecule has 0 aromatic heterocycles. The van der Waals surface area contributed by atoms with Crippen LogP contribution in [0.3, 0.4) is 0 Å². The van der Waals surface area contributed by atoms with Gasteiger partial charge in [-0.15, -0.1) is 11.6 Å². The Morgan fingerprint density at radius 1 is 1.22 bits per heavy atom. The minimum Gasteiger partial charge on any atom is -0.308 e. The van der Waals surface area contributed by atoms with Gasteiger partial charge in [0, 0.05) is 11.7 Å². The molecule has 1 fully saturated rings. The van der Waals surface area contributed by atoms with E-state index in [0.717, 1.165) is 31.4 Å². The van der Waals surface area contributed by atoms with Crippen molar-refractivity contribution < 1.29 is 9.18 Å². The molecule has 4 heteroatoms. The molecule has 0 N–H and O–H groups in total. The van der Waals surface area contributed by atoms with Gasteiger partial charge in [-0.25, -0.2) is 4.39 Å². The first-order chi connectivity index (χ1) is 8.72. The Morgan fingerprint density at radius 3 is 2.39 bits per heavy atom. The molecule has 0 aliphatic heterocycles. The molecule has 2 nitrogen and oxygen atoms in total. The minimum absolute atomic E-state index is 0.0339. The standard InChI is InChI=1S/C14H17ClFNO/c15-10-14(18)17(12-4-2-1-3-5-12)13-8-6-11(16)7-9-13/h6-9,12H,1-5,10H2. The number of rotatable bonds is 3. The summed E-state index contributed by atoms with van der Waals surface area (Å²) >= 11 is 5.68. The summed E-state index contributed by atoms with van der Waals surface area (Å²) in [6, 6.07) is 6.26. The molecule has 1 aliphatic rings. The fourth-order valence-electron chi connectivity index (χ4n) is 2.56. The van der Waals surface area contributed by atoms with Gasteiger partial charge in [-0.1, -0.05) is 19.3 Å². The molecule has 2 rings (SSSR count). The van der Waals surface area contributed by atoms with Crippen LogP contribution in [0.5, 0.6) is 0 Å². The largest absolute Gasteiger partial charge is 0.308 e. The minimum atomic E-state index is -0.291. The first-order valence-corrected chi connectivity index (χ1v) is 6.89. The first kappa shape index (κ1) is 13.3. The lowest BCUT2D eigenvalue weighted by Gasteiger charge is -2.34. The predicted molar refractivity (Wildman–Crippen MR) is 71.5 cm³/mol. The Kier molecular flexibility index (Phi) is 4.59. The third kappa shape index (κ3) is 3.02. The number of carbonyl (C=O) groups is 1. The lowest BCUT2D eigenvalue weighted by molar-refractivity contribution is -0.116. The van der Waals surface area contributed by atoms with Crippen molar-refractivity contribution in [1.82, 2.24) is 0 Å². The van der Waals surface area contributed by atoms with Crippen LogP contribution < -0.4 is 4.90 Å². The zero-order valence-corrected chi connectivity index (χ0v) is 11.0. The first-order valence-electron chi connectivity index (χ1n) is 6.36. The van der Waals surface area contributed by atoms with Gasteiger partial charge in [0.1, 0.15) is 11.7 Å². The number of hydrogen-bond acceptors (Lipinski definition) is 1. The van der Waals surface area contributed by atoms with Crippen LogP contribution in [-0.4, -0.2) is 17.8 Å². The Balaban J connectivity index is 2.23. The predicted octanol–water partition coefficient (Wildman–Crippen LogP) is 3.73. The van der Waals surface area contributed by atoms with E-state index in [1.165, 1.54) is 18.6 Å². The van der Waals surface area contributed by atoms with Crippen molar-refractivity contribution in [2.75, 3.05) is 10.8 Å². The van der Waals surface area contributed by atoms with Crippen LogP contribution >= 0.6 is 11.6 Å². The highest BCUT2D eigenvalue weighted by atomic mass is 35.5. The summed E-state index contributed by atoms with van der Waals surface area (Å²) in [5, 5.41) is 0. The molecule has 98 valence electrons. The molecule has 0 unspecified atom stereocenters. The van der Waals surface area contributed by atoms with Crippen molar-refractivity contribution in [2.24, 2.45) is 0 Å². The van der Waals surface area contributed by atoms with Crippen molar-refractivity contribution in [3.8, 4) is 0 Å². The summed E-state index contributed by atoms with van der Waals surface area (Å²) in [6.45, 7) is 0. The number of benzene rings is 1. The molecule has 1 aromatic rings. The van der Waals surface area contributed by atoms with Gasteiger partial charge in [0.05, 0.1) is 0 Å². The van der Waals surface area contributed by atoms with Crippen molar-refractivity contribution in [3.63, 3.8) is 0 Å². The molecule has 0 bridgehead atoms. The summed E-state index contributed by atoms with van der Waals surface area (Å²) in [7, 11) is 0. The van der Waals surface area contributed by atoms with Crippen molar-refractivity contribution >= 4 is 23.2 Å². The zero-order valence-electron chi connectivity index (χ0n) is 10.2. The number of alkyl halides is 1. The fourth-order valence-corrected chi connectivity index (χ4v) is 2.69. The SMILES string of the molecule is O=C(CCl)N(c1ccc(F)cc1)C1CCCCC1. The maximum Gasteiger partial charge on any atom is 0.242 e. The Bertz CT molecular complexity index is 401. The molecule has 0 spiro atoms. The molecular weight excluding hydrogens is 253 g/mol. The maximum atomic E-state index is 12.9. The summed E-state index contributed by atoms with van der Waals surface area (Å²) in [6.07, 6.45) is 5.50. The molecule has 1 aromatic carbocycles. The van der Waals surface area contributed by atoms with E-state index < -0.39 is 0 Å². The number of anilines is 1. The second-order valence-electron chi connectivity index (χ2n) is 4.67. The second-order valence-corrected chi connectivity index (χ2v) is 4.93. The fraction of sp³-hybridized carbons (Fsp3) is 0.500. The van der Waals surface area contributed by atoms with Crippen LogP contribution in [0.1, 0.15) is 32.1 Å². The van der Waals surface area contributed by atoms with Gasteiger partial charge in [0.2, 0.25) is 5.91 Å². The lowest BCUT2D eigenvalue weighted by atomic mass is 9.93. The summed E-state index contributed by atoms with van der Waals surface area (Å²) in [4.78, 5) is 13.7. The quantitative estimate of drug-likeness (QED) is 0.766. The van der Waals surface area contributed by atoms with E-state index in [1.807, 2.05) is 0 Å². The molecule has 0 heterocycles. The van der Waals surface area contributed by atoms with Gasteiger partial charge >= 0.3 is 0 Å². The van der Waals surface area contributed by atoms with Gasteiger partial charge in [0.15, 0.2) is 0 Å². The van der Waals surface area contributed by atoms with Crippen LogP contribution in [0.25, 0.3) is 0 Å². The number of carbonyl (C=O) groups excluding carboxylic acids is 1. The number of amides is 1. The van der Waals surface area contributed by atoms with Gasteiger partial charge < -0.3 is 4.90 Å². The van der Waals surface area contributed by atoms with E-state index in [4.69, 9.17) is 11.6 Å². The van der Waals surface area contributed by atoms with Crippen LogP contribution in [0, 0.1) is 5.82 Å². The van der Waals surface area contributed by atoms with Crippen LogP contribution in [-0.2, 0) is 4.79 Å². The topological polar surface area (TPSA) is 20.3 Å². The van der Waals surface area contributed by atoms with Crippen LogP contribution in [0.15, 0.2) is 24.3 Å². The van der Waals surface area contributed by atoms with Crippen molar-refractivity contribution in [2.45, 2.75) is 38.1 Å². The highest BCUT2D eigenvalue weighted by Crippen LogP contribution is 2.27. The van der Waals surface area contributed by atoms with E-state index in [0.29, 0.717) is 0 Å². The third-order valence-electron chi connectivity index (χ3n) is 3.43. The summed E-state index contributed by atoms with van der Waals surface area (Å²) < 4.78 is 12.9. The summed E-state index contributed by atoms with van der Waals surface area (Å²) in [5.41, 5.74) is 0.744. The number of hydrogen-bond donors (Lipinski definition) is 0. The van der Waals surface area contributed by atoms with Gasteiger partial charge in [-0.05, 0) is 37.1 Å². The molecule has 0 radical (unpaired) electrons. The smallest absolute Gasteiger partial charge is 0.242 e. The lowest BCUT2D eigenvalue weighted by Crippen LogP contribution is -2.42. The van der Waals surface area contributed by atoms with E-state index in [9.17, 15) is 9.18 Å². The number of halogens is 2. The molecule has 0 saturated heterocycles. The maximum absolute atomic E-state index is 12.9. The molecule has 1 aliphatic carbocycles. The van der Waals surface area contributed by atoms with E-state index in [-0.39, 0.29) is 23.6 Å². The van der Waals surface area contributed by atoms with E-state index in [2.05, 4.69) is 0 Å². The van der Waals surface area contributed by atoms with Gasteiger partial charge in [0.25, 0.3) is 0 Å². The summed E-state index contributed by atoms with van der Waals surface area (Å²) in [5.74, 6) is -0.427. The van der Waals surface area contributed by atoms with E-state index >= 15 is 0 Å². The highest BCUT2D eigenvalue weighted by Gasteiger charge is 2.26. The van der Waals surface area contributed by atoms with E-state index in [1.54, 1.807) is 17.0 Å². The Hall–Kier alpha value is -1.09. The molecule has 0 atom stereocenters. The number of nitrogens with zero attached hydrogens (tertiary/aromatic N) is 1. The highest BCUT2D eigenvalue weighted by molar-refractivity contribution is 6.29. The van der Waals surface area contributed by atoms with Gasteiger partial charge in [-0.2, -0.15) is 0 Å². The normalized spacial score (nSPS) is 16.6. The monoisotopic (exact) mass is 269 g/mol. The zero-order chi connectivity index (χ0) is 13.0. The molecular formula is C14H17ClFNO. The van der Waals surface area contributed by atoms with Gasteiger partial charge in [-0.3, -0.25) is 4.79 Å². The van der Waals surface area contributed by atoms with Crippen molar-refractivity contribution in [1.29, 1.82) is 0 Å². The average molecular weight is 270 g/mol. The molecule has 1 amide bonds. The van der Waals surface area contributed by atoms with Crippen LogP contribution in [0.2, 0.25) is 0 Å². The molecule has 18 heavy (non-hydrogen) atoms.